The normalized spacial score (nSPS) is 9.74. The third-order valence-electron chi connectivity index (χ3n) is 4.73. The van der Waals surface area contributed by atoms with Crippen molar-refractivity contribution in [3.05, 3.63) is 70.8 Å². The first-order chi connectivity index (χ1) is 18.9. The van der Waals surface area contributed by atoms with Crippen molar-refractivity contribution >= 4 is 68.1 Å². The second-order valence-electron chi connectivity index (χ2n) is 6.95. The summed E-state index contributed by atoms with van der Waals surface area (Å²) in [5.41, 5.74) is -0.152. The number of nitrogens with one attached hydrogen (secondary N) is 1. The van der Waals surface area contributed by atoms with Gasteiger partial charge in [0, 0.05) is 57.5 Å². The molecule has 19 heteroatoms. The van der Waals surface area contributed by atoms with Gasteiger partial charge in [-0.2, -0.15) is 8.42 Å². The summed E-state index contributed by atoms with van der Waals surface area (Å²) in [5, 5.41) is 58.6. The molecule has 0 saturated heterocycles. The number of aromatic hydroxyl groups is 1. The van der Waals surface area contributed by atoms with Crippen LogP contribution in [0.25, 0.3) is 21.5 Å². The van der Waals surface area contributed by atoms with E-state index in [9.17, 15) is 28.2 Å². The number of benzene rings is 4. The van der Waals surface area contributed by atoms with Crippen LogP contribution >= 0.6 is 0 Å². The zero-order chi connectivity index (χ0) is 30.5. The summed E-state index contributed by atoms with van der Waals surface area (Å²) in [6.07, 6.45) is 0. The van der Waals surface area contributed by atoms with Gasteiger partial charge in [-0.15, -0.1) is 0 Å². The maximum atomic E-state index is 11.8. The van der Waals surface area contributed by atoms with Crippen molar-refractivity contribution in [1.82, 2.24) is 0 Å². The van der Waals surface area contributed by atoms with Crippen LogP contribution in [0.5, 0.6) is 11.5 Å². The fourth-order valence-corrected chi connectivity index (χ4v) is 4.01. The minimum atomic E-state index is -4.79. The average Bonchev–Trinajstić information content (AvgIpc) is 2.89. The molecule has 0 fully saturated rings. The van der Waals surface area contributed by atoms with Gasteiger partial charge in [0.15, 0.2) is 5.69 Å². The van der Waals surface area contributed by atoms with Gasteiger partial charge in [-0.1, -0.05) is 23.3 Å². The van der Waals surface area contributed by atoms with Crippen LogP contribution in [0.4, 0.5) is 17.1 Å². The first-order valence-electron chi connectivity index (χ1n) is 10.3. The third kappa shape index (κ3) is 10.7. The van der Waals surface area contributed by atoms with Gasteiger partial charge in [-0.25, -0.2) is 0 Å². The van der Waals surface area contributed by atoms with Crippen LogP contribution < -0.4 is 34.7 Å². The predicted octanol–water partition coefficient (Wildman–Crippen LogP) is -1.11. The quantitative estimate of drug-likeness (QED) is 0.0291. The molecular weight excluding hydrogens is 633 g/mol. The molecule has 0 bridgehead atoms. The van der Waals surface area contributed by atoms with Gasteiger partial charge in [-0.05, 0) is 23.6 Å². The molecule has 0 aliphatic heterocycles. The molecule has 0 atom stereocenters. The Hall–Kier alpha value is -4.15. The molecule has 0 amide bonds. The summed E-state index contributed by atoms with van der Waals surface area (Å²) in [7, 11) is -4.79. The second-order valence-corrected chi connectivity index (χ2v) is 8.34. The van der Waals surface area contributed by atoms with Crippen LogP contribution in [-0.2, 0) is 41.9 Å². The first kappa shape index (κ1) is 40.0. The van der Waals surface area contributed by atoms with E-state index in [4.69, 9.17) is 34.8 Å². The Kier molecular flexibility index (Phi) is 18.1. The summed E-state index contributed by atoms with van der Waals surface area (Å²) in [4.78, 5) is 34.8. The van der Waals surface area contributed by atoms with Crippen LogP contribution in [0.2, 0.25) is 0 Å². The number of carbonyl (C=O) groups is 3. The van der Waals surface area contributed by atoms with Crippen LogP contribution in [0.15, 0.2) is 70.7 Å². The van der Waals surface area contributed by atoms with E-state index >= 15 is 0 Å². The van der Waals surface area contributed by atoms with Crippen molar-refractivity contribution in [3.63, 3.8) is 0 Å². The number of nitrogens with zero attached hydrogens (tertiary/aromatic N) is 2. The number of non-ortho nitro benzene ring substituents is 1. The molecule has 4 rings (SSSR count). The molecular formula is C23H21CrN3NaO13S+3. The second kappa shape index (κ2) is 19.1. The minimum Gasteiger partial charge on any atom is -0.589 e. The van der Waals surface area contributed by atoms with Crippen molar-refractivity contribution in [3.8, 4) is 11.5 Å². The maximum absolute atomic E-state index is 11.8. The Bertz CT molecular complexity index is 1670. The van der Waals surface area contributed by atoms with Crippen molar-refractivity contribution < 1.29 is 110 Å². The average molecular weight is 654 g/mol. The van der Waals surface area contributed by atoms with E-state index in [0.29, 0.717) is 11.1 Å². The number of rotatable bonds is 4. The molecule has 0 spiro atoms. The van der Waals surface area contributed by atoms with E-state index < -0.39 is 31.4 Å². The third-order valence-corrected chi connectivity index (χ3v) is 5.62. The van der Waals surface area contributed by atoms with Crippen molar-refractivity contribution in [2.24, 2.45) is 5.11 Å². The topological polar surface area (TPSA) is 279 Å². The van der Waals surface area contributed by atoms with Crippen molar-refractivity contribution in [2.75, 3.05) is 0 Å². The molecule has 216 valence electrons. The zero-order valence-electron chi connectivity index (χ0n) is 21.3. The fourth-order valence-electron chi connectivity index (χ4n) is 3.30. The van der Waals surface area contributed by atoms with Crippen LogP contribution in [-0.4, -0.2) is 62.8 Å². The first-order valence-corrected chi connectivity index (χ1v) is 11.7. The summed E-state index contributed by atoms with van der Waals surface area (Å²) in [5.74, 6) is -0.440. The van der Waals surface area contributed by atoms with E-state index in [2.05, 4.69) is 10.2 Å². The number of nitro groups is 1. The molecule has 0 aliphatic carbocycles. The van der Waals surface area contributed by atoms with Gasteiger partial charge in [0.05, 0.1) is 10.3 Å². The van der Waals surface area contributed by atoms with Gasteiger partial charge < -0.3 is 25.5 Å². The molecule has 0 unspecified atom stereocenters. The maximum Gasteiger partial charge on any atom is 1.00 e. The number of phenols is 1. The van der Waals surface area contributed by atoms with Crippen LogP contribution in [0.3, 0.4) is 0 Å². The van der Waals surface area contributed by atoms with E-state index in [-0.39, 0.29) is 88.5 Å². The van der Waals surface area contributed by atoms with Crippen LogP contribution in [0, 0.1) is 10.1 Å². The molecule has 16 nitrogen and oxygen atoms in total. The zero-order valence-corrected chi connectivity index (χ0v) is 25.4. The Labute approximate surface area is 268 Å². The Morgan fingerprint density at radius 2 is 1.43 bits per heavy atom. The van der Waals surface area contributed by atoms with Gasteiger partial charge in [0.2, 0.25) is 0 Å². The van der Waals surface area contributed by atoms with E-state index in [1.165, 1.54) is 6.07 Å². The number of hydrogen-bond donors (Lipinski definition) is 6. The number of hydrogen-bond acceptors (Lipinski definition) is 9. The molecule has 0 saturated carbocycles. The number of azo groups is 1. The van der Waals surface area contributed by atoms with Gasteiger partial charge >= 0.3 is 41.0 Å². The summed E-state index contributed by atoms with van der Waals surface area (Å²) in [6, 6.07) is 14.7. The molecule has 42 heavy (non-hydrogen) atoms. The molecule has 0 aromatic heterocycles. The Morgan fingerprint density at radius 1 is 0.881 bits per heavy atom. The number of carboxylic acid groups (broad SMARTS) is 3. The van der Waals surface area contributed by atoms with Gasteiger partial charge in [0.25, 0.3) is 35.2 Å². The standard InChI is InChI=1S/C20H13N3O7S.3CH2O2.Cr.Na/c24-16-8-5-11-3-1-2-4-13(11)19(16)21-22-20-14-7-6-12(23(26)27)9-15(14)18(10-17(20)25)31(28,29)30;3*2-1-3;;/h1-10,24-25H,(H,28,29,30);3*1H,(H,2,3);;/q;;;;;+1/p+2. The van der Waals surface area contributed by atoms with E-state index in [0.717, 1.165) is 23.6 Å². The summed E-state index contributed by atoms with van der Waals surface area (Å²) in [6.45, 7) is -0.750. The molecule has 0 heterocycles. The van der Waals surface area contributed by atoms with Gasteiger partial charge in [-0.3, -0.25) is 29.1 Å². The number of phenolic OH excluding ortho intramolecular Hbond substituents is 1. The molecule has 4 aromatic carbocycles. The number of nitro benzene ring substituents is 1. The fraction of sp³-hybridized carbons (Fsp3) is 0. The van der Waals surface area contributed by atoms with Crippen molar-refractivity contribution in [2.45, 2.75) is 4.90 Å². The molecule has 8 N–H and O–H groups in total. The van der Waals surface area contributed by atoms with Crippen molar-refractivity contribution in [1.29, 1.82) is 0 Å². The van der Waals surface area contributed by atoms with Crippen LogP contribution in [0.1, 0.15) is 0 Å². The smallest absolute Gasteiger partial charge is 0.589 e. The SMILES string of the molecule is O=CO.O=CO.O=CO.O=[N+]([O-])c1ccc2c(N=[NH+]c3c([OH2+])ccc4ccccc34)c(O)cc(S(=O)(=O)O)c2c1.[Cr].[Na+]. The van der Waals surface area contributed by atoms with Gasteiger partial charge in [0.1, 0.15) is 10.6 Å². The Balaban J connectivity index is 0. The largest absolute Gasteiger partial charge is 1.00 e. The Morgan fingerprint density at radius 3 is 1.95 bits per heavy atom. The molecule has 0 aliphatic rings. The van der Waals surface area contributed by atoms with E-state index in [1.54, 1.807) is 24.3 Å². The summed E-state index contributed by atoms with van der Waals surface area (Å²) < 4.78 is 33.0. The predicted molar refractivity (Wildman–Crippen MR) is 138 cm³/mol. The molecule has 0 radical (unpaired) electrons. The minimum absolute atomic E-state index is 0. The summed E-state index contributed by atoms with van der Waals surface area (Å²) >= 11 is 0. The monoisotopic (exact) mass is 654 g/mol. The van der Waals surface area contributed by atoms with E-state index in [1.807, 2.05) is 12.1 Å². The number of fused-ring (bicyclic) bond motifs is 2. The molecule has 4 aromatic rings.